The second-order valence-corrected chi connectivity index (χ2v) is 2.89. The number of rotatable bonds is 1. The maximum Gasteiger partial charge on any atom is 0.153 e. The largest absolute Gasteiger partial charge is 0.388 e. The molecule has 0 saturated carbocycles. The van der Waals surface area contributed by atoms with E-state index in [4.69, 9.17) is 15.1 Å². The molecule has 15 heavy (non-hydrogen) atoms. The summed E-state index contributed by atoms with van der Waals surface area (Å²) in [6.07, 6.45) is 3.19. The van der Waals surface area contributed by atoms with Crippen molar-refractivity contribution in [3.05, 3.63) is 24.3 Å². The van der Waals surface area contributed by atoms with Crippen molar-refractivity contribution >= 4 is 0 Å². The first-order valence-electron chi connectivity index (χ1n) is 4.71. The van der Waals surface area contributed by atoms with Gasteiger partial charge in [-0.3, -0.25) is 0 Å². The van der Waals surface area contributed by atoms with Gasteiger partial charge in [0, 0.05) is 25.5 Å². The molecule has 0 spiro atoms. The molecular weight excluding hydrogens is 198 g/mol. The summed E-state index contributed by atoms with van der Waals surface area (Å²) in [5, 5.41) is 18.3. The Morgan fingerprint density at radius 1 is 1.27 bits per heavy atom. The number of aromatic nitrogens is 2. The van der Waals surface area contributed by atoms with Crippen molar-refractivity contribution in [3.8, 4) is 0 Å². The summed E-state index contributed by atoms with van der Waals surface area (Å²) >= 11 is 0. The molecule has 1 fully saturated rings. The molecule has 1 aliphatic heterocycles. The van der Waals surface area contributed by atoms with E-state index < -0.39 is 0 Å². The number of aliphatic hydroxyl groups is 1. The Morgan fingerprint density at radius 2 is 1.87 bits per heavy atom. The summed E-state index contributed by atoms with van der Waals surface area (Å²) < 4.78 is 4.94. The molecule has 6 heteroatoms. The zero-order valence-electron chi connectivity index (χ0n) is 8.41. The lowest BCUT2D eigenvalue weighted by Crippen LogP contribution is -2.33. The predicted molar refractivity (Wildman–Crippen MR) is 52.1 cm³/mol. The van der Waals surface area contributed by atoms with Crippen molar-refractivity contribution in [2.24, 2.45) is 0 Å². The van der Waals surface area contributed by atoms with Gasteiger partial charge in [0.15, 0.2) is 5.82 Å². The molecule has 1 aromatic rings. The molecule has 6 nitrogen and oxygen atoms in total. The van der Waals surface area contributed by atoms with Gasteiger partial charge in [0.1, 0.15) is 6.61 Å². The average Bonchev–Trinajstić information content (AvgIpc) is 2.32. The number of hydrogen-bond acceptors (Lipinski definition) is 6. The van der Waals surface area contributed by atoms with Gasteiger partial charge in [0.2, 0.25) is 0 Å². The Bertz CT molecular complexity index is 252. The van der Waals surface area contributed by atoms with Crippen LogP contribution in [0.15, 0.2) is 18.5 Å². The van der Waals surface area contributed by atoms with E-state index in [-0.39, 0.29) is 6.61 Å². The van der Waals surface area contributed by atoms with Crippen LogP contribution in [0.1, 0.15) is 5.82 Å². The fourth-order valence-corrected chi connectivity index (χ4v) is 0.965. The Kier molecular flexibility index (Phi) is 5.79. The molecule has 0 atom stereocenters. The van der Waals surface area contributed by atoms with E-state index in [2.05, 4.69) is 9.97 Å². The van der Waals surface area contributed by atoms with Crippen molar-refractivity contribution in [1.82, 2.24) is 15.0 Å². The minimum atomic E-state index is -0.0825. The van der Waals surface area contributed by atoms with E-state index in [0.29, 0.717) is 32.1 Å². The molecule has 0 amide bonds. The smallest absolute Gasteiger partial charge is 0.153 e. The van der Waals surface area contributed by atoms with Gasteiger partial charge in [0.25, 0.3) is 0 Å². The maximum atomic E-state index is 8.66. The lowest BCUT2D eigenvalue weighted by molar-refractivity contribution is -0.143. The Morgan fingerprint density at radius 3 is 2.20 bits per heavy atom. The summed E-state index contributed by atoms with van der Waals surface area (Å²) in [5.41, 5.74) is 0. The topological polar surface area (TPSA) is 78.7 Å². The van der Waals surface area contributed by atoms with Crippen molar-refractivity contribution in [2.45, 2.75) is 6.61 Å². The standard InChI is InChI=1S/C5H6N2O.C4H9NO2/c8-4-5-6-2-1-3-7-5;6-5-1-3-7-4-2-5/h1-3,8H,4H2;6H,1-4H2. The van der Waals surface area contributed by atoms with E-state index in [1.54, 1.807) is 18.5 Å². The monoisotopic (exact) mass is 213 g/mol. The molecular formula is C9H15N3O3. The molecule has 2 heterocycles. The van der Waals surface area contributed by atoms with E-state index in [0.717, 1.165) is 0 Å². The number of aliphatic hydroxyl groups excluding tert-OH is 1. The van der Waals surface area contributed by atoms with E-state index in [1.807, 2.05) is 0 Å². The van der Waals surface area contributed by atoms with Crippen molar-refractivity contribution in [1.29, 1.82) is 0 Å². The molecule has 2 rings (SSSR count). The summed E-state index contributed by atoms with van der Waals surface area (Å²) in [6.45, 7) is 2.55. The summed E-state index contributed by atoms with van der Waals surface area (Å²) in [6, 6.07) is 1.71. The normalized spacial score (nSPS) is 16.7. The van der Waals surface area contributed by atoms with Crippen LogP contribution < -0.4 is 0 Å². The van der Waals surface area contributed by atoms with E-state index in [1.165, 1.54) is 5.06 Å². The number of morpholine rings is 1. The highest BCUT2D eigenvalue weighted by Gasteiger charge is 2.04. The molecule has 0 unspecified atom stereocenters. The predicted octanol–water partition coefficient (Wildman–Crippen LogP) is -0.323. The average molecular weight is 213 g/mol. The highest BCUT2D eigenvalue weighted by Crippen LogP contribution is 1.89. The van der Waals surface area contributed by atoms with Crippen LogP contribution in [0.3, 0.4) is 0 Å². The molecule has 0 bridgehead atoms. The minimum absolute atomic E-state index is 0.0825. The van der Waals surface area contributed by atoms with Crippen molar-refractivity contribution in [2.75, 3.05) is 26.3 Å². The van der Waals surface area contributed by atoms with Crippen LogP contribution in [0, 0.1) is 0 Å². The zero-order valence-corrected chi connectivity index (χ0v) is 8.41. The van der Waals surface area contributed by atoms with Crippen molar-refractivity contribution in [3.63, 3.8) is 0 Å². The lowest BCUT2D eigenvalue weighted by atomic mass is 10.5. The van der Waals surface area contributed by atoms with Gasteiger partial charge in [-0.1, -0.05) is 0 Å². The fourth-order valence-electron chi connectivity index (χ4n) is 0.965. The van der Waals surface area contributed by atoms with Gasteiger partial charge in [-0.15, -0.1) is 0 Å². The van der Waals surface area contributed by atoms with Crippen LogP contribution in [0.2, 0.25) is 0 Å². The quantitative estimate of drug-likeness (QED) is 0.665. The molecule has 1 saturated heterocycles. The van der Waals surface area contributed by atoms with E-state index >= 15 is 0 Å². The molecule has 0 aromatic carbocycles. The maximum absolute atomic E-state index is 8.66. The highest BCUT2D eigenvalue weighted by atomic mass is 16.5. The van der Waals surface area contributed by atoms with Gasteiger partial charge >= 0.3 is 0 Å². The molecule has 1 aliphatic rings. The summed E-state index contributed by atoms with van der Waals surface area (Å²) in [5.74, 6) is 0.465. The SMILES string of the molecule is OCc1ncccn1.ON1CCOCC1. The van der Waals surface area contributed by atoms with Gasteiger partial charge < -0.3 is 15.1 Å². The van der Waals surface area contributed by atoms with Crippen LogP contribution in [-0.4, -0.2) is 51.6 Å². The zero-order chi connectivity index (χ0) is 10.9. The summed E-state index contributed by atoms with van der Waals surface area (Å²) in [7, 11) is 0. The second-order valence-electron chi connectivity index (χ2n) is 2.89. The molecule has 2 N–H and O–H groups in total. The Hall–Kier alpha value is -1.08. The third-order valence-electron chi connectivity index (χ3n) is 1.75. The lowest BCUT2D eigenvalue weighted by Gasteiger charge is -2.19. The van der Waals surface area contributed by atoms with Crippen LogP contribution in [-0.2, 0) is 11.3 Å². The molecule has 0 radical (unpaired) electrons. The van der Waals surface area contributed by atoms with Crippen molar-refractivity contribution < 1.29 is 15.1 Å². The van der Waals surface area contributed by atoms with Gasteiger partial charge in [-0.25, -0.2) is 9.97 Å². The Balaban J connectivity index is 0.000000151. The van der Waals surface area contributed by atoms with Crippen LogP contribution >= 0.6 is 0 Å². The summed E-state index contributed by atoms with van der Waals surface area (Å²) in [4.78, 5) is 7.47. The number of hydrogen-bond donors (Lipinski definition) is 2. The van der Waals surface area contributed by atoms with Crippen LogP contribution in [0.5, 0.6) is 0 Å². The first-order valence-corrected chi connectivity index (χ1v) is 4.71. The molecule has 0 aliphatic carbocycles. The number of nitrogens with zero attached hydrogens (tertiary/aromatic N) is 3. The van der Waals surface area contributed by atoms with E-state index in [9.17, 15) is 0 Å². The number of ether oxygens (including phenoxy) is 1. The minimum Gasteiger partial charge on any atom is -0.388 e. The fraction of sp³-hybridized carbons (Fsp3) is 0.556. The second kappa shape index (κ2) is 7.24. The first-order chi connectivity index (χ1) is 7.33. The third-order valence-corrected chi connectivity index (χ3v) is 1.75. The third kappa shape index (κ3) is 5.38. The van der Waals surface area contributed by atoms with Gasteiger partial charge in [0.05, 0.1) is 13.2 Å². The van der Waals surface area contributed by atoms with Crippen LogP contribution in [0.25, 0.3) is 0 Å². The molecule has 1 aromatic heterocycles. The van der Waals surface area contributed by atoms with Gasteiger partial charge in [-0.05, 0) is 6.07 Å². The molecule has 84 valence electrons. The Labute approximate surface area is 88.1 Å². The highest BCUT2D eigenvalue weighted by molar-refractivity contribution is 4.85. The number of hydroxylamine groups is 2. The van der Waals surface area contributed by atoms with Gasteiger partial charge in [-0.2, -0.15) is 5.06 Å². The van der Waals surface area contributed by atoms with Crippen LogP contribution in [0.4, 0.5) is 0 Å². The first kappa shape index (κ1) is 12.0.